The number of H-pyrrole nitrogens is 1. The molecule has 1 unspecified atom stereocenters. The number of nitrogens with zero attached hydrogens (tertiary/aromatic N) is 6. The minimum Gasteiger partial charge on any atom is -0.345 e. The van der Waals surface area contributed by atoms with E-state index in [1.165, 1.54) is 6.20 Å². The number of piperidine rings is 1. The molecule has 0 bridgehead atoms. The van der Waals surface area contributed by atoms with Crippen molar-refractivity contribution in [2.45, 2.75) is 25.3 Å². The maximum absolute atomic E-state index is 13.0. The third-order valence-electron chi connectivity index (χ3n) is 7.21. The Morgan fingerprint density at radius 1 is 1.19 bits per heavy atom. The van der Waals surface area contributed by atoms with Crippen molar-refractivity contribution < 1.29 is 9.59 Å². The fraction of sp³-hybridized carbons (Fsp3) is 0.360. The Hall–Kier alpha value is -3.52. The average Bonchev–Trinajstić information content (AvgIpc) is 3.45. The highest BCUT2D eigenvalue weighted by atomic mass is 35.5. The van der Waals surface area contributed by atoms with Crippen LogP contribution in [0.25, 0.3) is 27.9 Å². The van der Waals surface area contributed by atoms with Crippen LogP contribution in [0.15, 0.2) is 30.7 Å². The maximum atomic E-state index is 13.0. The lowest BCUT2D eigenvalue weighted by Crippen LogP contribution is -2.37. The van der Waals surface area contributed by atoms with E-state index in [1.54, 1.807) is 29.2 Å². The number of aromatic nitrogens is 5. The van der Waals surface area contributed by atoms with Crippen LogP contribution in [0.1, 0.15) is 29.6 Å². The predicted molar refractivity (Wildman–Crippen MR) is 138 cm³/mol. The van der Waals surface area contributed by atoms with E-state index < -0.39 is 5.91 Å². The summed E-state index contributed by atoms with van der Waals surface area (Å²) >= 11 is 12.3. The van der Waals surface area contributed by atoms with E-state index in [0.717, 1.165) is 37.7 Å². The zero-order chi connectivity index (χ0) is 25.7. The molecule has 0 spiro atoms. The van der Waals surface area contributed by atoms with Gasteiger partial charge < -0.3 is 10.3 Å². The number of carbonyl (C=O) groups is 2. The minimum absolute atomic E-state index is 0.0194. The number of amides is 1. The van der Waals surface area contributed by atoms with Crippen LogP contribution in [0.3, 0.4) is 0 Å². The van der Waals surface area contributed by atoms with Gasteiger partial charge in [0.2, 0.25) is 0 Å². The molecule has 6 rings (SSSR count). The summed E-state index contributed by atoms with van der Waals surface area (Å²) in [5.41, 5.74) is 1.81. The number of aromatic amines is 1. The molecule has 12 heteroatoms. The van der Waals surface area contributed by atoms with E-state index in [-0.39, 0.29) is 30.2 Å². The van der Waals surface area contributed by atoms with Crippen LogP contribution < -0.4 is 5.32 Å². The first-order chi connectivity index (χ1) is 17.9. The van der Waals surface area contributed by atoms with E-state index in [1.807, 2.05) is 0 Å². The van der Waals surface area contributed by atoms with Crippen LogP contribution >= 0.6 is 23.2 Å². The van der Waals surface area contributed by atoms with Crippen molar-refractivity contribution >= 4 is 57.0 Å². The number of halogens is 2. The van der Waals surface area contributed by atoms with Crippen LogP contribution in [0, 0.1) is 23.2 Å². The Labute approximate surface area is 221 Å². The SMILES string of the molecule is N#CC1CCN(C2C[C@H]2C(=O)CNC(=O)c2c[nH]c3ncc(-n4ncc5cc(Cl)c(Cl)cc54)nc23)CC1. The number of likely N-dealkylation sites (tertiary alicyclic amines) is 1. The molecular formula is C25H22Cl2N8O2. The van der Waals surface area contributed by atoms with Crippen LogP contribution in [0.5, 0.6) is 0 Å². The van der Waals surface area contributed by atoms with E-state index in [9.17, 15) is 9.59 Å². The van der Waals surface area contributed by atoms with Crippen molar-refractivity contribution in [1.82, 2.24) is 34.9 Å². The molecular weight excluding hydrogens is 515 g/mol. The lowest BCUT2D eigenvalue weighted by molar-refractivity contribution is -0.119. The third-order valence-corrected chi connectivity index (χ3v) is 7.94. The van der Waals surface area contributed by atoms with Gasteiger partial charge in [-0.2, -0.15) is 10.4 Å². The van der Waals surface area contributed by atoms with Gasteiger partial charge in [0.05, 0.1) is 46.1 Å². The van der Waals surface area contributed by atoms with Crippen molar-refractivity contribution in [3.8, 4) is 11.9 Å². The molecule has 2 fully saturated rings. The number of benzene rings is 1. The first kappa shape index (κ1) is 23.9. The molecule has 37 heavy (non-hydrogen) atoms. The van der Waals surface area contributed by atoms with Crippen molar-refractivity contribution in [3.05, 3.63) is 46.3 Å². The molecule has 2 aliphatic rings. The number of nitriles is 1. The van der Waals surface area contributed by atoms with Gasteiger partial charge in [0.1, 0.15) is 5.52 Å². The zero-order valence-corrected chi connectivity index (χ0v) is 21.1. The van der Waals surface area contributed by atoms with Crippen LogP contribution in [0.4, 0.5) is 0 Å². The summed E-state index contributed by atoms with van der Waals surface area (Å²) in [5.74, 6) is 0.0732. The molecule has 2 atom stereocenters. The van der Waals surface area contributed by atoms with Crippen LogP contribution in [-0.4, -0.2) is 67.0 Å². The first-order valence-electron chi connectivity index (χ1n) is 12.0. The Morgan fingerprint density at radius 2 is 1.97 bits per heavy atom. The smallest absolute Gasteiger partial charge is 0.255 e. The number of hydrogen-bond acceptors (Lipinski definition) is 7. The monoisotopic (exact) mass is 536 g/mol. The highest BCUT2D eigenvalue weighted by molar-refractivity contribution is 6.42. The molecule has 4 heterocycles. The Bertz CT molecular complexity index is 1580. The summed E-state index contributed by atoms with van der Waals surface area (Å²) in [4.78, 5) is 40.0. The van der Waals surface area contributed by atoms with E-state index >= 15 is 0 Å². The molecule has 4 aromatic rings. The summed E-state index contributed by atoms with van der Waals surface area (Å²) < 4.78 is 1.58. The Kier molecular flexibility index (Phi) is 6.07. The summed E-state index contributed by atoms with van der Waals surface area (Å²) in [6, 6.07) is 5.97. The molecule has 1 saturated carbocycles. The summed E-state index contributed by atoms with van der Waals surface area (Å²) in [6.45, 7) is 1.65. The second-order valence-corrected chi connectivity index (χ2v) is 10.3. The summed E-state index contributed by atoms with van der Waals surface area (Å²) in [7, 11) is 0. The highest BCUT2D eigenvalue weighted by Crippen LogP contribution is 2.38. The van der Waals surface area contributed by atoms with Gasteiger partial charge in [-0.15, -0.1) is 0 Å². The number of fused-ring (bicyclic) bond motifs is 2. The zero-order valence-electron chi connectivity index (χ0n) is 19.6. The fourth-order valence-corrected chi connectivity index (χ4v) is 5.38. The second kappa shape index (κ2) is 9.41. The van der Waals surface area contributed by atoms with Crippen LogP contribution in [-0.2, 0) is 4.79 Å². The maximum Gasteiger partial charge on any atom is 0.255 e. The van der Waals surface area contributed by atoms with Gasteiger partial charge in [-0.25, -0.2) is 14.6 Å². The number of rotatable bonds is 6. The number of hydrogen-bond donors (Lipinski definition) is 2. The number of Topliss-reactive ketones (excluding diaryl/α,β-unsaturated/α-hetero) is 1. The van der Waals surface area contributed by atoms with Gasteiger partial charge >= 0.3 is 0 Å². The predicted octanol–water partition coefficient (Wildman–Crippen LogP) is 3.53. The second-order valence-electron chi connectivity index (χ2n) is 9.51. The molecule has 1 aliphatic carbocycles. The van der Waals surface area contributed by atoms with E-state index in [4.69, 9.17) is 28.5 Å². The fourth-order valence-electron chi connectivity index (χ4n) is 5.05. The van der Waals surface area contributed by atoms with Gasteiger partial charge in [-0.3, -0.25) is 14.5 Å². The molecule has 1 saturated heterocycles. The number of nitrogens with one attached hydrogen (secondary N) is 2. The lowest BCUT2D eigenvalue weighted by Gasteiger charge is -2.29. The largest absolute Gasteiger partial charge is 0.345 e. The summed E-state index contributed by atoms with van der Waals surface area (Å²) in [6.07, 6.45) is 7.24. The molecule has 1 aliphatic heterocycles. The lowest BCUT2D eigenvalue weighted by atomic mass is 9.98. The minimum atomic E-state index is -0.404. The van der Waals surface area contributed by atoms with Crippen molar-refractivity contribution in [3.63, 3.8) is 0 Å². The number of ketones is 1. The highest BCUT2D eigenvalue weighted by Gasteiger charge is 2.46. The Morgan fingerprint density at radius 3 is 2.76 bits per heavy atom. The average molecular weight is 537 g/mol. The van der Waals surface area contributed by atoms with Gasteiger partial charge in [0.15, 0.2) is 17.2 Å². The molecule has 2 N–H and O–H groups in total. The normalized spacial score (nSPS) is 20.2. The van der Waals surface area contributed by atoms with E-state index in [2.05, 4.69) is 36.3 Å². The molecule has 188 valence electrons. The van der Waals surface area contributed by atoms with Gasteiger partial charge in [0.25, 0.3) is 5.91 Å². The third kappa shape index (κ3) is 4.44. The van der Waals surface area contributed by atoms with Gasteiger partial charge in [-0.05, 0) is 44.5 Å². The molecule has 1 aromatic carbocycles. The molecule has 3 aromatic heterocycles. The molecule has 10 nitrogen and oxygen atoms in total. The molecule has 0 radical (unpaired) electrons. The van der Waals surface area contributed by atoms with Crippen LogP contribution in [0.2, 0.25) is 10.0 Å². The standard InChI is InChI=1S/C25H22Cl2N8O2/c26-17-5-14-9-32-35(19(14)7-18(17)27)22-12-30-24-23(33-22)16(10-29-24)25(37)31-11-21(36)15-6-20(15)34-3-1-13(8-28)2-4-34/h5,7,9-10,12-13,15,20H,1-4,6,11H2,(H,29,30)(H,31,37)/t15-,20?/m1/s1. The molecule has 1 amide bonds. The number of carbonyl (C=O) groups excluding carboxylic acids is 2. The first-order valence-corrected chi connectivity index (χ1v) is 12.8. The quantitative estimate of drug-likeness (QED) is 0.385. The topological polar surface area (TPSA) is 133 Å². The van der Waals surface area contributed by atoms with E-state index in [0.29, 0.717) is 38.1 Å². The van der Waals surface area contributed by atoms with Gasteiger partial charge in [0, 0.05) is 29.5 Å². The van der Waals surface area contributed by atoms with Crippen molar-refractivity contribution in [2.75, 3.05) is 19.6 Å². The Balaban J connectivity index is 1.14. The van der Waals surface area contributed by atoms with Crippen molar-refractivity contribution in [2.24, 2.45) is 11.8 Å². The van der Waals surface area contributed by atoms with Crippen molar-refractivity contribution in [1.29, 1.82) is 5.26 Å². The van der Waals surface area contributed by atoms with Gasteiger partial charge in [-0.1, -0.05) is 23.2 Å². The summed E-state index contributed by atoms with van der Waals surface area (Å²) in [5, 5.41) is 17.8.